The molecule has 1 aliphatic carbocycles. The predicted molar refractivity (Wildman–Crippen MR) is 96.1 cm³/mol. The quantitative estimate of drug-likeness (QED) is 0.746. The Hall–Kier alpha value is -1.17. The van der Waals surface area contributed by atoms with Crippen molar-refractivity contribution in [2.24, 2.45) is 0 Å². The number of methoxy groups -OCH3 is 1. The van der Waals surface area contributed by atoms with Crippen LogP contribution >= 0.6 is 22.7 Å². The van der Waals surface area contributed by atoms with Gasteiger partial charge in [0.15, 0.2) is 0 Å². The van der Waals surface area contributed by atoms with E-state index in [2.05, 4.69) is 34.3 Å². The summed E-state index contributed by atoms with van der Waals surface area (Å²) in [5, 5.41) is 6.28. The van der Waals surface area contributed by atoms with E-state index >= 15 is 0 Å². The first-order valence-corrected chi connectivity index (χ1v) is 9.92. The van der Waals surface area contributed by atoms with Gasteiger partial charge < -0.3 is 9.64 Å². The number of ether oxygens (including phenoxy) is 1. The van der Waals surface area contributed by atoms with Crippen LogP contribution in [-0.2, 0) is 21.5 Å². The molecule has 0 unspecified atom stereocenters. The highest BCUT2D eigenvalue weighted by Gasteiger charge is 2.45. The summed E-state index contributed by atoms with van der Waals surface area (Å²) in [6.45, 7) is 1.91. The van der Waals surface area contributed by atoms with E-state index < -0.39 is 0 Å². The zero-order valence-corrected chi connectivity index (χ0v) is 15.1. The van der Waals surface area contributed by atoms with Crippen molar-refractivity contribution in [3.63, 3.8) is 0 Å². The lowest BCUT2D eigenvalue weighted by molar-refractivity contribution is -0.138. The molecule has 2 aromatic heterocycles. The highest BCUT2D eigenvalue weighted by Crippen LogP contribution is 2.44. The molecule has 3 nitrogen and oxygen atoms in total. The molecule has 2 heterocycles. The summed E-state index contributed by atoms with van der Waals surface area (Å²) in [4.78, 5) is 16.7. The van der Waals surface area contributed by atoms with Crippen molar-refractivity contribution in [2.45, 2.75) is 37.6 Å². The summed E-state index contributed by atoms with van der Waals surface area (Å²) in [7, 11) is 1.69. The Morgan fingerprint density at radius 1 is 1.30 bits per heavy atom. The minimum absolute atomic E-state index is 0.278. The Morgan fingerprint density at radius 2 is 2.13 bits per heavy atom. The maximum atomic E-state index is 13.5. The van der Waals surface area contributed by atoms with Gasteiger partial charge in [0.2, 0.25) is 5.91 Å². The highest BCUT2D eigenvalue weighted by atomic mass is 32.1. The summed E-state index contributed by atoms with van der Waals surface area (Å²) < 4.78 is 5.24. The molecule has 0 aromatic carbocycles. The zero-order valence-electron chi connectivity index (χ0n) is 13.5. The van der Waals surface area contributed by atoms with Crippen molar-refractivity contribution in [2.75, 3.05) is 20.3 Å². The number of rotatable bonds is 7. The van der Waals surface area contributed by atoms with Crippen LogP contribution in [0.1, 0.15) is 36.1 Å². The molecule has 0 atom stereocenters. The van der Waals surface area contributed by atoms with Gasteiger partial charge in [-0.2, -0.15) is 11.3 Å². The minimum atomic E-state index is -0.308. The lowest BCUT2D eigenvalue weighted by Crippen LogP contribution is -2.46. The Morgan fingerprint density at radius 3 is 2.74 bits per heavy atom. The van der Waals surface area contributed by atoms with E-state index in [9.17, 15) is 4.79 Å². The summed E-state index contributed by atoms with van der Waals surface area (Å²) in [5.41, 5.74) is 0.900. The minimum Gasteiger partial charge on any atom is -0.383 e. The highest BCUT2D eigenvalue weighted by molar-refractivity contribution is 7.10. The molecule has 1 fully saturated rings. The van der Waals surface area contributed by atoms with Crippen molar-refractivity contribution >= 4 is 28.6 Å². The van der Waals surface area contributed by atoms with Crippen LogP contribution in [0.15, 0.2) is 34.3 Å². The van der Waals surface area contributed by atoms with Gasteiger partial charge in [-0.3, -0.25) is 4.79 Å². The molecule has 0 N–H and O–H groups in total. The molecule has 0 bridgehead atoms. The molecular weight excluding hydrogens is 326 g/mol. The second-order valence-electron chi connectivity index (χ2n) is 6.12. The molecule has 1 amide bonds. The van der Waals surface area contributed by atoms with Crippen LogP contribution in [0, 0.1) is 0 Å². The number of nitrogens with zero attached hydrogens (tertiary/aromatic N) is 1. The molecular formula is C18H23NO2S2. The van der Waals surface area contributed by atoms with E-state index in [-0.39, 0.29) is 11.3 Å². The molecule has 5 heteroatoms. The Balaban J connectivity index is 1.85. The van der Waals surface area contributed by atoms with Gasteiger partial charge in [0.1, 0.15) is 0 Å². The van der Waals surface area contributed by atoms with E-state index in [1.165, 1.54) is 10.4 Å². The van der Waals surface area contributed by atoms with Crippen LogP contribution in [0.2, 0.25) is 0 Å². The molecule has 1 saturated carbocycles. The van der Waals surface area contributed by atoms with E-state index in [4.69, 9.17) is 4.74 Å². The van der Waals surface area contributed by atoms with Gasteiger partial charge in [0.05, 0.1) is 12.0 Å². The lowest BCUT2D eigenvalue weighted by atomic mass is 9.82. The van der Waals surface area contributed by atoms with Crippen molar-refractivity contribution < 1.29 is 9.53 Å². The molecule has 0 aliphatic heterocycles. The van der Waals surface area contributed by atoms with Crippen LogP contribution in [0.4, 0.5) is 0 Å². The van der Waals surface area contributed by atoms with Crippen LogP contribution in [0.3, 0.4) is 0 Å². The van der Waals surface area contributed by atoms with Crippen LogP contribution in [-0.4, -0.2) is 31.1 Å². The largest absolute Gasteiger partial charge is 0.383 e. The smallest absolute Gasteiger partial charge is 0.234 e. The number of thiophene rings is 2. The number of carbonyl (C=O) groups is 1. The summed E-state index contributed by atoms with van der Waals surface area (Å²) in [6, 6.07) is 6.29. The normalized spacial score (nSPS) is 16.6. The van der Waals surface area contributed by atoms with Crippen molar-refractivity contribution in [3.05, 3.63) is 44.8 Å². The topological polar surface area (TPSA) is 29.5 Å². The van der Waals surface area contributed by atoms with E-state index in [0.717, 1.165) is 25.7 Å². The number of carbonyl (C=O) groups excluding carboxylic acids is 1. The zero-order chi connectivity index (χ0) is 16.1. The van der Waals surface area contributed by atoms with Crippen LogP contribution < -0.4 is 0 Å². The van der Waals surface area contributed by atoms with Crippen molar-refractivity contribution in [3.8, 4) is 0 Å². The third kappa shape index (κ3) is 3.52. The molecule has 0 radical (unpaired) electrons. The molecule has 124 valence electrons. The standard InChI is InChI=1S/C18H23NO2S2/c1-21-10-9-19(13-15-6-12-22-14-15)17(20)18(7-2-3-8-18)16-5-4-11-23-16/h4-6,11-12,14H,2-3,7-10,13H2,1H3. The fraction of sp³-hybridized carbons (Fsp3) is 0.500. The van der Waals surface area contributed by atoms with Gasteiger partial charge in [0.25, 0.3) is 0 Å². The number of hydrogen-bond donors (Lipinski definition) is 0. The third-order valence-electron chi connectivity index (χ3n) is 4.67. The molecule has 3 rings (SSSR count). The fourth-order valence-corrected chi connectivity index (χ4v) is 5.09. The molecule has 0 saturated heterocycles. The van der Waals surface area contributed by atoms with Gasteiger partial charge >= 0.3 is 0 Å². The van der Waals surface area contributed by atoms with E-state index in [1.807, 2.05) is 4.90 Å². The van der Waals surface area contributed by atoms with Crippen molar-refractivity contribution in [1.82, 2.24) is 4.90 Å². The average molecular weight is 350 g/mol. The first kappa shape index (κ1) is 16.7. The Labute approximate surface area is 145 Å². The van der Waals surface area contributed by atoms with Gasteiger partial charge in [0, 0.05) is 25.1 Å². The van der Waals surface area contributed by atoms with E-state index in [1.54, 1.807) is 29.8 Å². The lowest BCUT2D eigenvalue weighted by Gasteiger charge is -2.34. The van der Waals surface area contributed by atoms with Gasteiger partial charge in [-0.05, 0) is 46.7 Å². The Bertz CT molecular complexity index is 601. The van der Waals surface area contributed by atoms with Gasteiger partial charge in [-0.15, -0.1) is 11.3 Å². The average Bonchev–Trinajstić information content (AvgIpc) is 3.33. The van der Waals surface area contributed by atoms with Gasteiger partial charge in [-0.25, -0.2) is 0 Å². The third-order valence-corrected chi connectivity index (χ3v) is 6.47. The molecule has 2 aromatic rings. The second kappa shape index (κ2) is 7.60. The molecule has 23 heavy (non-hydrogen) atoms. The van der Waals surface area contributed by atoms with Crippen LogP contribution in [0.5, 0.6) is 0 Å². The summed E-state index contributed by atoms with van der Waals surface area (Å²) in [6.07, 6.45) is 4.22. The number of amides is 1. The fourth-order valence-electron chi connectivity index (χ4n) is 3.45. The maximum Gasteiger partial charge on any atom is 0.234 e. The summed E-state index contributed by atoms with van der Waals surface area (Å²) in [5.74, 6) is 0.278. The molecule has 0 spiro atoms. The predicted octanol–water partition coefficient (Wildman–Crippen LogP) is 4.30. The first-order valence-electron chi connectivity index (χ1n) is 8.10. The van der Waals surface area contributed by atoms with Crippen molar-refractivity contribution in [1.29, 1.82) is 0 Å². The van der Waals surface area contributed by atoms with E-state index in [0.29, 0.717) is 19.7 Å². The number of hydrogen-bond acceptors (Lipinski definition) is 4. The monoisotopic (exact) mass is 349 g/mol. The SMILES string of the molecule is COCCN(Cc1ccsc1)C(=O)C1(c2cccs2)CCCC1. The maximum absolute atomic E-state index is 13.5. The first-order chi connectivity index (χ1) is 11.3. The van der Waals surface area contributed by atoms with Crippen LogP contribution in [0.25, 0.3) is 0 Å². The van der Waals surface area contributed by atoms with Gasteiger partial charge in [-0.1, -0.05) is 18.9 Å². The summed E-state index contributed by atoms with van der Waals surface area (Å²) >= 11 is 3.40. The molecule has 1 aliphatic rings. The second-order valence-corrected chi connectivity index (χ2v) is 7.85. The Kier molecular flexibility index (Phi) is 5.51.